The fourth-order valence-electron chi connectivity index (χ4n) is 2.11. The van der Waals surface area contributed by atoms with Crippen molar-refractivity contribution in [2.45, 2.75) is 19.9 Å². The third kappa shape index (κ3) is 1.74. The summed E-state index contributed by atoms with van der Waals surface area (Å²) in [5.41, 5.74) is 7.43. The topological polar surface area (TPSA) is 82.8 Å². The predicted octanol–water partition coefficient (Wildman–Crippen LogP) is 2.39. The third-order valence-corrected chi connectivity index (χ3v) is 2.89. The highest BCUT2D eigenvalue weighted by Crippen LogP contribution is 2.29. The van der Waals surface area contributed by atoms with Crippen molar-refractivity contribution >= 4 is 16.9 Å². The Morgan fingerprint density at radius 1 is 1.32 bits per heavy atom. The molecule has 2 N–H and O–H groups in total. The van der Waals surface area contributed by atoms with E-state index in [1.807, 2.05) is 18.4 Å². The number of benzene rings is 1. The summed E-state index contributed by atoms with van der Waals surface area (Å²) in [7, 11) is 0. The van der Waals surface area contributed by atoms with Gasteiger partial charge in [0.25, 0.3) is 0 Å². The molecule has 0 unspecified atom stereocenters. The second-order valence-corrected chi connectivity index (χ2v) is 4.53. The van der Waals surface area contributed by atoms with Crippen molar-refractivity contribution < 1.29 is 9.02 Å². The highest BCUT2D eigenvalue weighted by atomic mass is 19.1. The maximum absolute atomic E-state index is 13.3. The minimum absolute atomic E-state index is 0.113. The van der Waals surface area contributed by atoms with Gasteiger partial charge < -0.3 is 10.3 Å². The number of fused-ring (bicyclic) bond motifs is 1. The summed E-state index contributed by atoms with van der Waals surface area (Å²) in [6, 6.07) is 4.57. The molecule has 0 atom stereocenters. The number of aromatic nitrogens is 4. The summed E-state index contributed by atoms with van der Waals surface area (Å²) in [6.45, 7) is 4.00. The van der Waals surface area contributed by atoms with Gasteiger partial charge in [-0.2, -0.15) is 0 Å². The molecule has 0 radical (unpaired) electrons. The van der Waals surface area contributed by atoms with Crippen LogP contribution in [0.2, 0.25) is 0 Å². The molecule has 3 rings (SSSR count). The van der Waals surface area contributed by atoms with Crippen LogP contribution in [0.4, 0.5) is 10.2 Å². The molecule has 0 saturated heterocycles. The summed E-state index contributed by atoms with van der Waals surface area (Å²) >= 11 is 0. The second kappa shape index (κ2) is 4.04. The first-order valence-electron chi connectivity index (χ1n) is 5.84. The van der Waals surface area contributed by atoms with Gasteiger partial charge >= 0.3 is 0 Å². The molecule has 0 fully saturated rings. The Bertz CT molecular complexity index is 746. The minimum atomic E-state index is -0.335. The van der Waals surface area contributed by atoms with Crippen LogP contribution in [-0.2, 0) is 0 Å². The minimum Gasteiger partial charge on any atom is -0.379 e. The highest BCUT2D eigenvalue weighted by molar-refractivity contribution is 5.81. The lowest BCUT2D eigenvalue weighted by Crippen LogP contribution is -2.04. The molecule has 0 aliphatic heterocycles. The maximum atomic E-state index is 13.3. The zero-order chi connectivity index (χ0) is 13.6. The molecule has 2 aromatic heterocycles. The Labute approximate surface area is 108 Å². The molecular formula is C12H12FN5O. The quantitative estimate of drug-likeness (QED) is 0.765. The number of hydrogen-bond donors (Lipinski definition) is 1. The number of rotatable bonds is 2. The van der Waals surface area contributed by atoms with Crippen LogP contribution in [0.3, 0.4) is 0 Å². The maximum Gasteiger partial charge on any atom is 0.199 e. The van der Waals surface area contributed by atoms with Crippen LogP contribution < -0.4 is 5.73 Å². The van der Waals surface area contributed by atoms with Crippen LogP contribution in [-0.4, -0.2) is 19.9 Å². The van der Waals surface area contributed by atoms with Crippen LogP contribution in [0.15, 0.2) is 22.8 Å². The van der Waals surface area contributed by atoms with E-state index >= 15 is 0 Å². The molecule has 6 nitrogen and oxygen atoms in total. The zero-order valence-corrected chi connectivity index (χ0v) is 10.5. The zero-order valence-electron chi connectivity index (χ0n) is 10.5. The van der Waals surface area contributed by atoms with Crippen molar-refractivity contribution in [2.24, 2.45) is 0 Å². The van der Waals surface area contributed by atoms with E-state index < -0.39 is 0 Å². The van der Waals surface area contributed by atoms with Crippen molar-refractivity contribution in [2.75, 3.05) is 5.73 Å². The van der Waals surface area contributed by atoms with Gasteiger partial charge in [0.15, 0.2) is 17.3 Å². The van der Waals surface area contributed by atoms with Gasteiger partial charge in [0.2, 0.25) is 0 Å². The molecule has 0 aliphatic carbocycles. The molecule has 2 heterocycles. The molecular weight excluding hydrogens is 249 g/mol. The molecule has 0 bridgehead atoms. The molecule has 1 aromatic carbocycles. The number of hydrogen-bond acceptors (Lipinski definition) is 5. The Hall–Kier alpha value is -2.44. The number of anilines is 1. The average molecular weight is 261 g/mol. The van der Waals surface area contributed by atoms with Gasteiger partial charge in [0.1, 0.15) is 5.82 Å². The number of imidazole rings is 1. The highest BCUT2D eigenvalue weighted by Gasteiger charge is 2.20. The van der Waals surface area contributed by atoms with Gasteiger partial charge in [0.05, 0.1) is 11.0 Å². The van der Waals surface area contributed by atoms with E-state index in [2.05, 4.69) is 19.9 Å². The normalized spacial score (nSPS) is 11.6. The monoisotopic (exact) mass is 261 g/mol. The van der Waals surface area contributed by atoms with Gasteiger partial charge in [-0.3, -0.25) is 0 Å². The first kappa shape index (κ1) is 11.6. The van der Waals surface area contributed by atoms with Gasteiger partial charge in [-0.25, -0.2) is 14.0 Å². The summed E-state index contributed by atoms with van der Waals surface area (Å²) in [5.74, 6) is 0.353. The largest absolute Gasteiger partial charge is 0.379 e. The number of nitrogen functional groups attached to an aromatic ring is 1. The Balaban J connectivity index is 2.35. The van der Waals surface area contributed by atoms with Crippen LogP contribution in [0.25, 0.3) is 22.6 Å². The van der Waals surface area contributed by atoms with E-state index in [4.69, 9.17) is 5.73 Å². The van der Waals surface area contributed by atoms with Crippen LogP contribution in [0.1, 0.15) is 19.9 Å². The van der Waals surface area contributed by atoms with Crippen molar-refractivity contribution in [1.82, 2.24) is 19.9 Å². The second-order valence-electron chi connectivity index (χ2n) is 4.53. The molecule has 7 heteroatoms. The Kier molecular flexibility index (Phi) is 2.48. The summed E-state index contributed by atoms with van der Waals surface area (Å²) in [5, 5.41) is 7.30. The van der Waals surface area contributed by atoms with Gasteiger partial charge in [0, 0.05) is 12.1 Å². The van der Waals surface area contributed by atoms with E-state index in [1.54, 1.807) is 6.07 Å². The van der Waals surface area contributed by atoms with Gasteiger partial charge in [-0.15, -0.1) is 0 Å². The van der Waals surface area contributed by atoms with E-state index in [9.17, 15) is 4.39 Å². The summed E-state index contributed by atoms with van der Waals surface area (Å²) in [4.78, 5) is 4.38. The Morgan fingerprint density at radius 2 is 2.11 bits per heavy atom. The molecule has 3 aromatic rings. The number of nitrogens with two attached hydrogens (primary N) is 1. The van der Waals surface area contributed by atoms with Gasteiger partial charge in [-0.05, 0) is 36.3 Å². The molecule has 19 heavy (non-hydrogen) atoms. The molecule has 0 spiro atoms. The number of halogens is 1. The first-order valence-corrected chi connectivity index (χ1v) is 5.84. The standard InChI is InChI=1S/C12H12FN5O/c1-6(2)18-9-4-3-7(13)5-8(9)15-12(18)10-11(14)17-19-16-10/h3-6H,1-2H3,(H2,14,17). The van der Waals surface area contributed by atoms with Crippen molar-refractivity contribution in [3.8, 4) is 11.5 Å². The fraction of sp³-hybridized carbons (Fsp3) is 0.250. The molecule has 98 valence electrons. The summed E-state index contributed by atoms with van der Waals surface area (Å²) < 4.78 is 19.8. The number of nitrogens with zero attached hydrogens (tertiary/aromatic N) is 4. The van der Waals surface area contributed by atoms with Gasteiger partial charge in [-0.1, -0.05) is 0 Å². The van der Waals surface area contributed by atoms with Crippen molar-refractivity contribution in [3.05, 3.63) is 24.0 Å². The predicted molar refractivity (Wildman–Crippen MR) is 67.8 cm³/mol. The van der Waals surface area contributed by atoms with Crippen LogP contribution in [0.5, 0.6) is 0 Å². The summed E-state index contributed by atoms with van der Waals surface area (Å²) in [6.07, 6.45) is 0. The lowest BCUT2D eigenvalue weighted by molar-refractivity contribution is 0.310. The molecule has 0 amide bonds. The van der Waals surface area contributed by atoms with E-state index in [-0.39, 0.29) is 17.7 Å². The van der Waals surface area contributed by atoms with Crippen molar-refractivity contribution in [3.63, 3.8) is 0 Å². The smallest absolute Gasteiger partial charge is 0.199 e. The van der Waals surface area contributed by atoms with Crippen LogP contribution >= 0.6 is 0 Å². The fourth-order valence-corrected chi connectivity index (χ4v) is 2.11. The SMILES string of the molecule is CC(C)n1c(-c2nonc2N)nc2cc(F)ccc21. The lowest BCUT2D eigenvalue weighted by Gasteiger charge is -2.11. The molecule has 0 aliphatic rings. The third-order valence-electron chi connectivity index (χ3n) is 2.89. The lowest BCUT2D eigenvalue weighted by atomic mass is 10.3. The Morgan fingerprint density at radius 3 is 2.74 bits per heavy atom. The van der Waals surface area contributed by atoms with E-state index in [0.29, 0.717) is 17.0 Å². The first-order chi connectivity index (χ1) is 9.08. The van der Waals surface area contributed by atoms with E-state index in [0.717, 1.165) is 5.52 Å². The van der Waals surface area contributed by atoms with Crippen LogP contribution in [0, 0.1) is 5.82 Å². The van der Waals surface area contributed by atoms with Crippen molar-refractivity contribution in [1.29, 1.82) is 0 Å². The average Bonchev–Trinajstić information content (AvgIpc) is 2.91. The molecule has 0 saturated carbocycles. The van der Waals surface area contributed by atoms with E-state index in [1.165, 1.54) is 12.1 Å².